The van der Waals surface area contributed by atoms with Gasteiger partial charge in [-0.05, 0) is 40.2 Å². The van der Waals surface area contributed by atoms with Gasteiger partial charge in [-0.25, -0.2) is 9.37 Å². The monoisotopic (exact) mass is 316 g/mol. The molecule has 2 aromatic rings. The molecule has 0 spiro atoms. The number of hydrogen-bond acceptors (Lipinski definition) is 3. The van der Waals surface area contributed by atoms with Gasteiger partial charge in [0.15, 0.2) is 11.6 Å². The van der Waals surface area contributed by atoms with Crippen LogP contribution in [-0.2, 0) is 0 Å². The molecule has 0 aliphatic rings. The van der Waals surface area contributed by atoms with Crippen LogP contribution in [0.4, 0.5) is 10.1 Å². The summed E-state index contributed by atoms with van der Waals surface area (Å²) in [6.45, 7) is 0. The first kappa shape index (κ1) is 12.1. The van der Waals surface area contributed by atoms with Crippen LogP contribution >= 0.6 is 27.5 Å². The second-order valence-electron chi connectivity index (χ2n) is 3.22. The average molecular weight is 318 g/mol. The van der Waals surface area contributed by atoms with Gasteiger partial charge in [0, 0.05) is 15.7 Å². The van der Waals surface area contributed by atoms with Gasteiger partial charge in [-0.1, -0.05) is 11.6 Å². The molecule has 0 aliphatic carbocycles. The number of anilines is 1. The Bertz CT molecular complexity index is 516. The Morgan fingerprint density at radius 3 is 2.76 bits per heavy atom. The Hall–Kier alpha value is -1.33. The van der Waals surface area contributed by atoms with Crippen LogP contribution in [0.5, 0.6) is 11.6 Å². The maximum Gasteiger partial charge on any atom is 0.256 e. The molecule has 6 heteroatoms. The van der Waals surface area contributed by atoms with E-state index in [1.165, 1.54) is 18.3 Å². The fraction of sp³-hybridized carbons (Fsp3) is 0. The van der Waals surface area contributed by atoms with Crippen LogP contribution in [-0.4, -0.2) is 4.98 Å². The zero-order valence-corrected chi connectivity index (χ0v) is 10.8. The molecule has 0 aliphatic heterocycles. The van der Waals surface area contributed by atoms with Gasteiger partial charge in [0.25, 0.3) is 5.88 Å². The summed E-state index contributed by atoms with van der Waals surface area (Å²) in [7, 11) is 0. The molecule has 1 aromatic carbocycles. The third-order valence-corrected chi connectivity index (χ3v) is 2.62. The summed E-state index contributed by atoms with van der Waals surface area (Å²) >= 11 is 8.85. The van der Waals surface area contributed by atoms with E-state index in [1.54, 1.807) is 12.1 Å². The molecule has 17 heavy (non-hydrogen) atoms. The minimum atomic E-state index is -0.575. The van der Waals surface area contributed by atoms with E-state index in [9.17, 15) is 4.39 Å². The maximum absolute atomic E-state index is 13.5. The van der Waals surface area contributed by atoms with E-state index in [1.807, 2.05) is 0 Å². The number of pyridine rings is 1. The Morgan fingerprint density at radius 1 is 1.35 bits per heavy atom. The van der Waals surface area contributed by atoms with Gasteiger partial charge in [0.05, 0.1) is 5.69 Å². The molecule has 0 fully saturated rings. The second kappa shape index (κ2) is 4.89. The molecule has 0 saturated heterocycles. The third-order valence-electron chi connectivity index (χ3n) is 1.95. The van der Waals surface area contributed by atoms with Crippen molar-refractivity contribution < 1.29 is 9.13 Å². The van der Waals surface area contributed by atoms with E-state index < -0.39 is 5.82 Å². The highest BCUT2D eigenvalue weighted by Crippen LogP contribution is 2.30. The standard InChI is InChI=1S/C11H7BrClFN2O/c12-6-3-8(14)11(16-5-6)17-10-2-1-7(13)4-9(10)15/h1-5H,15H2. The maximum atomic E-state index is 13.5. The summed E-state index contributed by atoms with van der Waals surface area (Å²) in [6.07, 6.45) is 1.44. The molecule has 0 unspecified atom stereocenters. The number of aromatic nitrogens is 1. The lowest BCUT2D eigenvalue weighted by molar-refractivity contribution is 0.424. The predicted molar refractivity (Wildman–Crippen MR) is 67.8 cm³/mol. The van der Waals surface area contributed by atoms with Crippen molar-refractivity contribution in [1.29, 1.82) is 0 Å². The number of benzene rings is 1. The number of halogens is 3. The van der Waals surface area contributed by atoms with Gasteiger partial charge < -0.3 is 10.5 Å². The lowest BCUT2D eigenvalue weighted by Crippen LogP contribution is -1.95. The van der Waals surface area contributed by atoms with Gasteiger partial charge in [-0.15, -0.1) is 0 Å². The van der Waals surface area contributed by atoms with Crippen LogP contribution in [0.3, 0.4) is 0 Å². The molecular formula is C11H7BrClFN2O. The van der Waals surface area contributed by atoms with Crippen molar-refractivity contribution in [2.45, 2.75) is 0 Å². The van der Waals surface area contributed by atoms with E-state index in [0.29, 0.717) is 20.9 Å². The van der Waals surface area contributed by atoms with Gasteiger partial charge in [0.2, 0.25) is 0 Å². The molecule has 0 radical (unpaired) electrons. The van der Waals surface area contributed by atoms with E-state index >= 15 is 0 Å². The van der Waals surface area contributed by atoms with E-state index in [0.717, 1.165) is 0 Å². The Kier molecular flexibility index (Phi) is 3.49. The van der Waals surface area contributed by atoms with Crippen molar-refractivity contribution in [2.24, 2.45) is 0 Å². The Labute approximate surface area is 110 Å². The van der Waals surface area contributed by atoms with Crippen LogP contribution in [0.25, 0.3) is 0 Å². The van der Waals surface area contributed by atoms with Crippen LogP contribution in [0.2, 0.25) is 5.02 Å². The number of rotatable bonds is 2. The molecule has 88 valence electrons. The van der Waals surface area contributed by atoms with Gasteiger partial charge in [-0.2, -0.15) is 0 Å². The van der Waals surface area contributed by atoms with Crippen molar-refractivity contribution in [3.8, 4) is 11.6 Å². The highest BCUT2D eigenvalue weighted by Gasteiger charge is 2.09. The fourth-order valence-corrected chi connectivity index (χ4v) is 1.68. The molecule has 0 bridgehead atoms. The van der Waals surface area contributed by atoms with Crippen LogP contribution in [0.15, 0.2) is 34.9 Å². The average Bonchev–Trinajstić information content (AvgIpc) is 2.25. The smallest absolute Gasteiger partial charge is 0.256 e. The quantitative estimate of drug-likeness (QED) is 0.851. The summed E-state index contributed by atoms with van der Waals surface area (Å²) in [6, 6.07) is 5.94. The molecule has 0 atom stereocenters. The summed E-state index contributed by atoms with van der Waals surface area (Å²) in [4.78, 5) is 3.80. The first-order valence-electron chi connectivity index (χ1n) is 4.60. The van der Waals surface area contributed by atoms with Gasteiger partial charge in [-0.3, -0.25) is 0 Å². The number of hydrogen-bond donors (Lipinski definition) is 1. The summed E-state index contributed by atoms with van der Waals surface area (Å²) < 4.78 is 19.3. The van der Waals surface area contributed by atoms with Crippen molar-refractivity contribution in [3.05, 3.63) is 45.8 Å². The zero-order chi connectivity index (χ0) is 12.4. The molecule has 3 nitrogen and oxygen atoms in total. The third kappa shape index (κ3) is 2.87. The highest BCUT2D eigenvalue weighted by molar-refractivity contribution is 9.10. The fourth-order valence-electron chi connectivity index (χ4n) is 1.19. The van der Waals surface area contributed by atoms with Crippen molar-refractivity contribution >= 4 is 33.2 Å². The van der Waals surface area contributed by atoms with Crippen molar-refractivity contribution in [3.63, 3.8) is 0 Å². The lowest BCUT2D eigenvalue weighted by Gasteiger charge is -2.08. The normalized spacial score (nSPS) is 10.3. The summed E-state index contributed by atoms with van der Waals surface area (Å²) in [5, 5.41) is 0.485. The van der Waals surface area contributed by atoms with E-state index in [-0.39, 0.29) is 5.88 Å². The Morgan fingerprint density at radius 2 is 2.12 bits per heavy atom. The van der Waals surface area contributed by atoms with Crippen LogP contribution in [0, 0.1) is 5.82 Å². The number of nitrogen functional groups attached to an aromatic ring is 1. The summed E-state index contributed by atoms with van der Waals surface area (Å²) in [5.41, 5.74) is 6.00. The molecule has 2 N–H and O–H groups in total. The van der Waals surface area contributed by atoms with Gasteiger partial charge >= 0.3 is 0 Å². The highest BCUT2D eigenvalue weighted by atomic mass is 79.9. The largest absolute Gasteiger partial charge is 0.434 e. The summed E-state index contributed by atoms with van der Waals surface area (Å²) in [5.74, 6) is -0.404. The number of nitrogens with two attached hydrogens (primary N) is 1. The SMILES string of the molecule is Nc1cc(Cl)ccc1Oc1ncc(Br)cc1F. The second-order valence-corrected chi connectivity index (χ2v) is 4.58. The molecule has 2 rings (SSSR count). The van der Waals surface area contributed by atoms with Crippen LogP contribution < -0.4 is 10.5 Å². The molecular weight excluding hydrogens is 310 g/mol. The minimum absolute atomic E-state index is 0.137. The minimum Gasteiger partial charge on any atom is -0.434 e. The molecule has 0 saturated carbocycles. The number of nitrogens with zero attached hydrogens (tertiary/aromatic N) is 1. The van der Waals surface area contributed by atoms with Crippen molar-refractivity contribution in [1.82, 2.24) is 4.98 Å². The lowest BCUT2D eigenvalue weighted by atomic mass is 10.3. The van der Waals surface area contributed by atoms with Crippen molar-refractivity contribution in [2.75, 3.05) is 5.73 Å². The van der Waals surface area contributed by atoms with E-state index in [4.69, 9.17) is 22.1 Å². The molecule has 1 heterocycles. The topological polar surface area (TPSA) is 48.1 Å². The number of ether oxygens (including phenoxy) is 1. The zero-order valence-electron chi connectivity index (χ0n) is 8.45. The predicted octanol–water partition coefficient (Wildman–Crippen LogP) is 4.01. The Balaban J connectivity index is 2.31. The first-order chi connectivity index (χ1) is 8.06. The van der Waals surface area contributed by atoms with Gasteiger partial charge in [0.1, 0.15) is 0 Å². The van der Waals surface area contributed by atoms with Crippen LogP contribution in [0.1, 0.15) is 0 Å². The molecule has 1 aromatic heterocycles. The first-order valence-corrected chi connectivity index (χ1v) is 5.77. The van der Waals surface area contributed by atoms with E-state index in [2.05, 4.69) is 20.9 Å². The molecule has 0 amide bonds.